The van der Waals surface area contributed by atoms with Crippen molar-refractivity contribution in [3.8, 4) is 0 Å². The molecule has 1 fully saturated rings. The zero-order valence-corrected chi connectivity index (χ0v) is 16.0. The van der Waals surface area contributed by atoms with Gasteiger partial charge in [-0.3, -0.25) is 4.79 Å². The van der Waals surface area contributed by atoms with Crippen LogP contribution >= 0.6 is 11.6 Å². The number of nitrogens with zero attached hydrogens (tertiary/aromatic N) is 3. The van der Waals surface area contributed by atoms with E-state index in [1.165, 1.54) is 12.1 Å². The first-order valence-corrected chi connectivity index (χ1v) is 9.33. The lowest BCUT2D eigenvalue weighted by Crippen LogP contribution is -2.44. The monoisotopic (exact) mass is 412 g/mol. The van der Waals surface area contributed by atoms with Gasteiger partial charge in [0, 0.05) is 13.1 Å². The molecule has 5 nitrogen and oxygen atoms in total. The highest BCUT2D eigenvalue weighted by Gasteiger charge is 2.31. The average Bonchev–Trinajstić information content (AvgIpc) is 2.68. The molecule has 3 rings (SSSR count). The van der Waals surface area contributed by atoms with E-state index >= 15 is 0 Å². The predicted octanol–water partition coefficient (Wildman–Crippen LogP) is 4.24. The Balaban J connectivity index is 1.61. The molecule has 1 amide bonds. The Morgan fingerprint density at radius 3 is 2.54 bits per heavy atom. The Labute approximate surface area is 165 Å². The first-order valence-electron chi connectivity index (χ1n) is 8.96. The first kappa shape index (κ1) is 20.4. The number of benzene rings is 1. The van der Waals surface area contributed by atoms with E-state index in [1.807, 2.05) is 4.90 Å². The van der Waals surface area contributed by atoms with E-state index in [4.69, 9.17) is 11.6 Å². The molecule has 2 atom stereocenters. The number of nitrogens with one attached hydrogen (secondary N) is 1. The maximum absolute atomic E-state index is 12.7. The predicted molar refractivity (Wildman–Crippen MR) is 100.0 cm³/mol. The number of carbonyl (C=O) groups is 1. The van der Waals surface area contributed by atoms with Gasteiger partial charge in [-0.15, -0.1) is 10.2 Å². The molecule has 1 aromatic carbocycles. The van der Waals surface area contributed by atoms with Gasteiger partial charge < -0.3 is 10.2 Å². The molecule has 1 aliphatic heterocycles. The van der Waals surface area contributed by atoms with Crippen LogP contribution in [0.3, 0.4) is 0 Å². The van der Waals surface area contributed by atoms with Crippen LogP contribution in [0.2, 0.25) is 5.15 Å². The number of hydrogen-bond donors (Lipinski definition) is 1. The summed E-state index contributed by atoms with van der Waals surface area (Å²) in [5.74, 6) is 0.305. The zero-order chi connectivity index (χ0) is 20.3. The van der Waals surface area contributed by atoms with Crippen LogP contribution in [0, 0.1) is 5.92 Å². The van der Waals surface area contributed by atoms with Crippen molar-refractivity contribution in [2.45, 2.75) is 32.0 Å². The van der Waals surface area contributed by atoms with Crippen molar-refractivity contribution >= 4 is 23.3 Å². The summed E-state index contributed by atoms with van der Waals surface area (Å²) in [7, 11) is 0. The van der Waals surface area contributed by atoms with Crippen molar-refractivity contribution in [3.05, 3.63) is 52.7 Å². The lowest BCUT2D eigenvalue weighted by molar-refractivity contribution is -0.137. The fraction of sp³-hybridized carbons (Fsp3) is 0.421. The molecule has 150 valence electrons. The third-order valence-electron chi connectivity index (χ3n) is 4.83. The van der Waals surface area contributed by atoms with Crippen molar-refractivity contribution in [3.63, 3.8) is 0 Å². The van der Waals surface area contributed by atoms with Gasteiger partial charge in [0.25, 0.3) is 0 Å². The lowest BCUT2D eigenvalue weighted by atomic mass is 9.96. The Morgan fingerprint density at radius 2 is 1.93 bits per heavy atom. The van der Waals surface area contributed by atoms with E-state index in [2.05, 4.69) is 15.5 Å². The molecule has 0 bridgehead atoms. The number of amides is 1. The number of aromatic nitrogens is 2. The highest BCUT2D eigenvalue weighted by atomic mass is 35.5. The highest BCUT2D eigenvalue weighted by Crippen LogP contribution is 2.30. The fourth-order valence-electron chi connectivity index (χ4n) is 3.25. The van der Waals surface area contributed by atoms with E-state index in [0.29, 0.717) is 23.1 Å². The van der Waals surface area contributed by atoms with E-state index in [1.54, 1.807) is 19.1 Å². The standard InChI is InChI=1S/C19H20ClF3N4O/c1-12(13-4-6-15(7-5-13)19(21,22)23)24-18(28)14-3-2-10-27(11-14)17-9-8-16(20)25-26-17/h4-9,12,14H,2-3,10-11H2,1H3,(H,24,28)/t12-,14-/m1/s1. The lowest BCUT2D eigenvalue weighted by Gasteiger charge is -2.33. The quantitative estimate of drug-likeness (QED) is 0.816. The third-order valence-corrected chi connectivity index (χ3v) is 5.03. The van der Waals surface area contributed by atoms with Gasteiger partial charge in [-0.1, -0.05) is 23.7 Å². The summed E-state index contributed by atoms with van der Waals surface area (Å²) in [6.45, 7) is 3.03. The number of alkyl halides is 3. The summed E-state index contributed by atoms with van der Waals surface area (Å²) in [6.07, 6.45) is -2.80. The van der Waals surface area contributed by atoms with Gasteiger partial charge in [0.2, 0.25) is 5.91 Å². The maximum Gasteiger partial charge on any atom is 0.416 e. The second-order valence-electron chi connectivity index (χ2n) is 6.85. The highest BCUT2D eigenvalue weighted by molar-refractivity contribution is 6.29. The van der Waals surface area contributed by atoms with Gasteiger partial charge >= 0.3 is 6.18 Å². The van der Waals surface area contributed by atoms with E-state index in [0.717, 1.165) is 31.5 Å². The molecule has 0 saturated carbocycles. The van der Waals surface area contributed by atoms with Crippen LogP contribution in [0.25, 0.3) is 0 Å². The molecule has 1 aromatic heterocycles. The van der Waals surface area contributed by atoms with Crippen molar-refractivity contribution in [2.75, 3.05) is 18.0 Å². The van der Waals surface area contributed by atoms with Crippen LogP contribution in [0.15, 0.2) is 36.4 Å². The van der Waals surface area contributed by atoms with Crippen LogP contribution in [0.5, 0.6) is 0 Å². The topological polar surface area (TPSA) is 58.1 Å². The summed E-state index contributed by atoms with van der Waals surface area (Å²) in [5.41, 5.74) is -0.0839. The molecule has 0 unspecified atom stereocenters. The fourth-order valence-corrected chi connectivity index (χ4v) is 3.35. The molecule has 9 heteroatoms. The van der Waals surface area contributed by atoms with E-state index in [-0.39, 0.29) is 17.9 Å². The minimum atomic E-state index is -4.37. The van der Waals surface area contributed by atoms with E-state index < -0.39 is 11.7 Å². The smallest absolute Gasteiger partial charge is 0.354 e. The second kappa shape index (κ2) is 8.34. The molecule has 0 aliphatic carbocycles. The number of rotatable bonds is 4. The normalized spacial score (nSPS) is 18.6. The van der Waals surface area contributed by atoms with Crippen molar-refractivity contribution < 1.29 is 18.0 Å². The molecule has 2 aromatic rings. The zero-order valence-electron chi connectivity index (χ0n) is 15.2. The van der Waals surface area contributed by atoms with E-state index in [9.17, 15) is 18.0 Å². The summed E-state index contributed by atoms with van der Waals surface area (Å²) >= 11 is 5.76. The summed E-state index contributed by atoms with van der Waals surface area (Å²) < 4.78 is 38.0. The van der Waals surface area contributed by atoms with Gasteiger partial charge in [-0.2, -0.15) is 13.2 Å². The van der Waals surface area contributed by atoms with Crippen molar-refractivity contribution in [2.24, 2.45) is 5.92 Å². The Bertz CT molecular complexity index is 811. The second-order valence-corrected chi connectivity index (χ2v) is 7.24. The van der Waals surface area contributed by atoms with Gasteiger partial charge in [0.05, 0.1) is 17.5 Å². The Hall–Kier alpha value is -2.35. The van der Waals surface area contributed by atoms with Crippen LogP contribution in [0.1, 0.15) is 36.9 Å². The summed E-state index contributed by atoms with van der Waals surface area (Å²) in [6, 6.07) is 7.87. The average molecular weight is 413 g/mol. The number of hydrogen-bond acceptors (Lipinski definition) is 4. The van der Waals surface area contributed by atoms with Crippen LogP contribution in [-0.4, -0.2) is 29.2 Å². The molecular formula is C19H20ClF3N4O. The number of anilines is 1. The first-order chi connectivity index (χ1) is 13.2. The molecule has 1 aliphatic rings. The van der Waals surface area contributed by atoms with Gasteiger partial charge in [-0.05, 0) is 49.6 Å². The molecular weight excluding hydrogens is 393 g/mol. The largest absolute Gasteiger partial charge is 0.416 e. The molecule has 1 N–H and O–H groups in total. The number of piperidine rings is 1. The summed E-state index contributed by atoms with van der Waals surface area (Å²) in [5, 5.41) is 11.1. The van der Waals surface area contributed by atoms with Crippen molar-refractivity contribution in [1.29, 1.82) is 0 Å². The van der Waals surface area contributed by atoms with Gasteiger partial charge in [-0.25, -0.2) is 0 Å². The molecule has 1 saturated heterocycles. The summed E-state index contributed by atoms with van der Waals surface area (Å²) in [4.78, 5) is 14.7. The van der Waals surface area contributed by atoms with Gasteiger partial charge in [0.15, 0.2) is 11.0 Å². The van der Waals surface area contributed by atoms with Crippen LogP contribution < -0.4 is 10.2 Å². The third kappa shape index (κ3) is 4.92. The number of carbonyl (C=O) groups excluding carboxylic acids is 1. The number of halogens is 4. The maximum atomic E-state index is 12.7. The SMILES string of the molecule is C[C@@H](NC(=O)[C@@H]1CCCN(c2ccc(Cl)nn2)C1)c1ccc(C(F)(F)F)cc1. The molecule has 2 heterocycles. The van der Waals surface area contributed by atoms with Crippen molar-refractivity contribution in [1.82, 2.24) is 15.5 Å². The van der Waals surface area contributed by atoms with Crippen LogP contribution in [-0.2, 0) is 11.0 Å². The minimum Gasteiger partial charge on any atom is -0.354 e. The van der Waals surface area contributed by atoms with Gasteiger partial charge in [0.1, 0.15) is 0 Å². The minimum absolute atomic E-state index is 0.126. The molecule has 0 radical (unpaired) electrons. The molecule has 28 heavy (non-hydrogen) atoms. The Morgan fingerprint density at radius 1 is 1.21 bits per heavy atom. The molecule has 0 spiro atoms. The van der Waals surface area contributed by atoms with Crippen LogP contribution in [0.4, 0.5) is 19.0 Å². The Kier molecular flexibility index (Phi) is 6.07.